The number of hydrogen-bond acceptors (Lipinski definition) is 3. The molecule has 0 radical (unpaired) electrons. The minimum atomic E-state index is 0.866. The number of allylic oxidation sites excluding steroid dienone is 1. The van der Waals surface area contributed by atoms with Gasteiger partial charge >= 0.3 is 0 Å². The van der Waals surface area contributed by atoms with Gasteiger partial charge < -0.3 is 4.74 Å². The summed E-state index contributed by atoms with van der Waals surface area (Å²) in [4.78, 5) is 5.81. The van der Waals surface area contributed by atoms with Crippen LogP contribution in [0.2, 0.25) is 0 Å². The van der Waals surface area contributed by atoms with Gasteiger partial charge in [-0.1, -0.05) is 42.5 Å². The monoisotopic (exact) mass is 405 g/mol. The van der Waals surface area contributed by atoms with Gasteiger partial charge in [0.25, 0.3) is 0 Å². The Bertz CT molecular complexity index is 1430. The quantitative estimate of drug-likeness (QED) is 0.293. The minimum Gasteiger partial charge on any atom is -0.497 e. The molecule has 30 heavy (non-hydrogen) atoms. The molecule has 6 rings (SSSR count). The smallest absolute Gasteiger partial charge is 0.118 e. The van der Waals surface area contributed by atoms with Gasteiger partial charge in [-0.2, -0.15) is 0 Å². The molecule has 0 spiro atoms. The maximum Gasteiger partial charge on any atom is 0.118 e. The Hall–Kier alpha value is -3.43. The molecular formula is C27H19NOS. The van der Waals surface area contributed by atoms with Crippen molar-refractivity contribution in [1.29, 1.82) is 0 Å². The summed E-state index contributed by atoms with van der Waals surface area (Å²) in [6.45, 7) is 0. The fraction of sp³-hybridized carbons (Fsp3) is 0.0741. The Kier molecular flexibility index (Phi) is 3.96. The van der Waals surface area contributed by atoms with E-state index < -0.39 is 0 Å². The number of methoxy groups -OCH3 is 1. The van der Waals surface area contributed by atoms with Gasteiger partial charge in [-0.25, -0.2) is 0 Å². The number of aromatic nitrogens is 1. The lowest BCUT2D eigenvalue weighted by Gasteiger charge is -2.19. The summed E-state index contributed by atoms with van der Waals surface area (Å²) in [7, 11) is 1.71. The Morgan fingerprint density at radius 2 is 1.80 bits per heavy atom. The Labute approximate surface area is 179 Å². The highest BCUT2D eigenvalue weighted by molar-refractivity contribution is 7.13. The van der Waals surface area contributed by atoms with Crippen LogP contribution in [-0.4, -0.2) is 12.1 Å². The van der Waals surface area contributed by atoms with Crippen molar-refractivity contribution in [2.45, 2.75) is 6.42 Å². The van der Waals surface area contributed by atoms with E-state index in [4.69, 9.17) is 4.74 Å². The van der Waals surface area contributed by atoms with Gasteiger partial charge in [0, 0.05) is 28.2 Å². The van der Waals surface area contributed by atoms with E-state index in [0.29, 0.717) is 0 Å². The molecule has 0 amide bonds. The lowest BCUT2D eigenvalue weighted by Crippen LogP contribution is -1.94. The maximum absolute atomic E-state index is 5.40. The summed E-state index contributed by atoms with van der Waals surface area (Å²) in [5, 5.41) is 7.20. The van der Waals surface area contributed by atoms with Crippen LogP contribution in [-0.2, 0) is 6.42 Å². The second-order valence-corrected chi connectivity index (χ2v) is 8.49. The number of nitrogens with zero attached hydrogens (tertiary/aromatic N) is 1. The van der Waals surface area contributed by atoms with Crippen molar-refractivity contribution in [2.24, 2.45) is 0 Å². The van der Waals surface area contributed by atoms with Gasteiger partial charge in [-0.15, -0.1) is 11.3 Å². The molecule has 2 aromatic heterocycles. The summed E-state index contributed by atoms with van der Waals surface area (Å²) in [5.74, 6) is 0.866. The fourth-order valence-electron chi connectivity index (χ4n) is 4.65. The first-order chi connectivity index (χ1) is 14.8. The highest BCUT2D eigenvalue weighted by Gasteiger charge is 2.21. The molecule has 0 unspecified atom stereocenters. The topological polar surface area (TPSA) is 22.1 Å². The maximum atomic E-state index is 5.40. The van der Waals surface area contributed by atoms with Crippen molar-refractivity contribution in [2.75, 3.05) is 7.11 Å². The molecule has 2 nitrogen and oxygen atoms in total. The average Bonchev–Trinajstić information content (AvgIpc) is 3.49. The Morgan fingerprint density at radius 1 is 0.900 bits per heavy atom. The summed E-state index contributed by atoms with van der Waals surface area (Å²) < 4.78 is 5.40. The van der Waals surface area contributed by atoms with Crippen LogP contribution < -0.4 is 4.74 Å². The largest absolute Gasteiger partial charge is 0.497 e. The highest BCUT2D eigenvalue weighted by atomic mass is 32.1. The molecule has 0 saturated carbocycles. The zero-order chi connectivity index (χ0) is 20.1. The average molecular weight is 406 g/mol. The van der Waals surface area contributed by atoms with Crippen molar-refractivity contribution in [3.63, 3.8) is 0 Å². The fourth-order valence-corrected chi connectivity index (χ4v) is 5.45. The molecule has 0 aliphatic heterocycles. The molecule has 1 aliphatic carbocycles. The van der Waals surface area contributed by atoms with Crippen LogP contribution in [0.1, 0.15) is 11.1 Å². The number of fused-ring (bicyclic) bond motifs is 4. The number of benzene rings is 3. The second kappa shape index (κ2) is 6.82. The highest BCUT2D eigenvalue weighted by Crippen LogP contribution is 2.47. The third-order valence-corrected chi connectivity index (χ3v) is 6.87. The molecule has 0 saturated heterocycles. The van der Waals surface area contributed by atoms with E-state index >= 15 is 0 Å². The van der Waals surface area contributed by atoms with Gasteiger partial charge in [-0.3, -0.25) is 4.98 Å². The van der Waals surface area contributed by atoms with Gasteiger partial charge in [0.1, 0.15) is 5.75 Å². The Balaban J connectivity index is 1.84. The van der Waals surface area contributed by atoms with Gasteiger partial charge in [0.2, 0.25) is 0 Å². The van der Waals surface area contributed by atoms with Crippen LogP contribution in [0.15, 0.2) is 78.4 Å². The molecule has 144 valence electrons. The van der Waals surface area contributed by atoms with E-state index in [9.17, 15) is 0 Å². The molecule has 0 bridgehead atoms. The predicted octanol–water partition coefficient (Wildman–Crippen LogP) is 7.36. The minimum absolute atomic E-state index is 0.866. The van der Waals surface area contributed by atoms with E-state index in [0.717, 1.165) is 12.2 Å². The van der Waals surface area contributed by atoms with Crippen molar-refractivity contribution >= 4 is 39.0 Å². The van der Waals surface area contributed by atoms with Crippen molar-refractivity contribution < 1.29 is 4.74 Å². The van der Waals surface area contributed by atoms with Crippen molar-refractivity contribution in [3.8, 4) is 27.3 Å². The van der Waals surface area contributed by atoms with Gasteiger partial charge in [0.15, 0.2) is 0 Å². The summed E-state index contributed by atoms with van der Waals surface area (Å²) >= 11 is 1.79. The van der Waals surface area contributed by atoms with E-state index in [1.165, 1.54) is 54.2 Å². The zero-order valence-electron chi connectivity index (χ0n) is 16.6. The second-order valence-electron chi connectivity index (χ2n) is 7.54. The van der Waals surface area contributed by atoms with Crippen LogP contribution in [0.25, 0.3) is 49.2 Å². The van der Waals surface area contributed by atoms with Crippen LogP contribution in [0.4, 0.5) is 0 Å². The lowest BCUT2D eigenvalue weighted by molar-refractivity contribution is 0.415. The van der Waals surface area contributed by atoms with Crippen molar-refractivity contribution in [3.05, 3.63) is 89.6 Å². The molecule has 1 aliphatic rings. The number of rotatable bonds is 3. The Morgan fingerprint density at radius 3 is 2.60 bits per heavy atom. The molecule has 3 heteroatoms. The number of thiophene rings is 1. The summed E-state index contributed by atoms with van der Waals surface area (Å²) in [5.41, 5.74) is 6.46. The van der Waals surface area contributed by atoms with Crippen LogP contribution >= 0.6 is 11.3 Å². The predicted molar refractivity (Wildman–Crippen MR) is 127 cm³/mol. The summed E-state index contributed by atoms with van der Waals surface area (Å²) in [6, 6.07) is 19.5. The third kappa shape index (κ3) is 2.52. The third-order valence-electron chi connectivity index (χ3n) is 5.98. The van der Waals surface area contributed by atoms with Crippen LogP contribution in [0.3, 0.4) is 0 Å². The number of pyridine rings is 1. The molecule has 3 aromatic carbocycles. The first-order valence-electron chi connectivity index (χ1n) is 10.1. The number of hydrogen-bond donors (Lipinski definition) is 0. The van der Waals surface area contributed by atoms with Gasteiger partial charge in [0.05, 0.1) is 7.11 Å². The molecular weight excluding hydrogens is 386 g/mol. The first-order valence-corrected chi connectivity index (χ1v) is 10.9. The van der Waals surface area contributed by atoms with E-state index in [1.54, 1.807) is 18.4 Å². The molecule has 0 atom stereocenters. The van der Waals surface area contributed by atoms with E-state index in [1.807, 2.05) is 24.5 Å². The van der Waals surface area contributed by atoms with Crippen molar-refractivity contribution in [1.82, 2.24) is 4.98 Å². The molecule has 0 fully saturated rings. The van der Waals surface area contributed by atoms with Gasteiger partial charge in [-0.05, 0) is 74.5 Å². The first kappa shape index (κ1) is 17.4. The molecule has 0 N–H and O–H groups in total. The standard InChI is InChI=1S/C27H19NOS/c1-29-19-10-7-18(8-11-19)25-23-16-28-14-13-21(23)26(24-6-3-15-30-24)22-12-9-17-4-2-5-20(17)27(22)25/h2-3,5-16H,4H2,1H3. The lowest BCUT2D eigenvalue weighted by atomic mass is 9.85. The van der Waals surface area contributed by atoms with Crippen LogP contribution in [0.5, 0.6) is 5.75 Å². The van der Waals surface area contributed by atoms with E-state index in [2.05, 4.69) is 65.0 Å². The molecule has 5 aromatic rings. The molecule has 2 heterocycles. The van der Waals surface area contributed by atoms with E-state index in [-0.39, 0.29) is 0 Å². The normalized spacial score (nSPS) is 12.6. The summed E-state index contributed by atoms with van der Waals surface area (Å²) in [6.07, 6.45) is 9.46. The SMILES string of the molecule is COc1ccc(-c2c3cnccc3c(-c3cccs3)c3ccc4c(c23)C=CC4)cc1. The number of ether oxygens (including phenoxy) is 1. The zero-order valence-corrected chi connectivity index (χ0v) is 17.4. The van der Waals surface area contributed by atoms with Crippen LogP contribution in [0, 0.1) is 0 Å².